The lowest BCUT2D eigenvalue weighted by Crippen LogP contribution is -2.35. The van der Waals surface area contributed by atoms with Crippen LogP contribution < -0.4 is 10.3 Å². The zero-order chi connectivity index (χ0) is 20.8. The van der Waals surface area contributed by atoms with Crippen LogP contribution in [0.3, 0.4) is 0 Å². The Morgan fingerprint density at radius 1 is 1.07 bits per heavy atom. The molecule has 0 saturated carbocycles. The number of nitrogens with one attached hydrogen (secondary N) is 1. The molecule has 1 heterocycles. The number of benzene rings is 2. The third-order valence-corrected chi connectivity index (χ3v) is 4.46. The number of anilines is 2. The molecule has 2 aromatic carbocycles. The fourth-order valence-corrected chi connectivity index (χ4v) is 2.99. The highest BCUT2D eigenvalue weighted by Crippen LogP contribution is 2.23. The van der Waals surface area contributed by atoms with Gasteiger partial charge in [0.2, 0.25) is 5.91 Å². The van der Waals surface area contributed by atoms with Crippen LogP contribution in [0.4, 0.5) is 11.4 Å². The highest BCUT2D eigenvalue weighted by atomic mass is 16.5. The molecule has 29 heavy (non-hydrogen) atoms. The van der Waals surface area contributed by atoms with E-state index in [0.29, 0.717) is 11.4 Å². The molecule has 2 amide bonds. The van der Waals surface area contributed by atoms with Crippen molar-refractivity contribution in [2.75, 3.05) is 16.9 Å². The van der Waals surface area contributed by atoms with Gasteiger partial charge in [-0.05, 0) is 29.7 Å². The van der Waals surface area contributed by atoms with Gasteiger partial charge in [0, 0.05) is 18.5 Å². The van der Waals surface area contributed by atoms with Gasteiger partial charge in [-0.1, -0.05) is 50.2 Å². The van der Waals surface area contributed by atoms with Crippen molar-refractivity contribution in [1.29, 1.82) is 0 Å². The minimum atomic E-state index is -0.703. The Morgan fingerprint density at radius 2 is 1.76 bits per heavy atom. The highest BCUT2D eigenvalue weighted by molar-refractivity contribution is 6.38. The van der Waals surface area contributed by atoms with E-state index in [4.69, 9.17) is 4.74 Å². The summed E-state index contributed by atoms with van der Waals surface area (Å²) >= 11 is 0. The first-order chi connectivity index (χ1) is 14.0. The zero-order valence-electron chi connectivity index (χ0n) is 16.4. The Kier molecular flexibility index (Phi) is 6.39. The van der Waals surface area contributed by atoms with E-state index >= 15 is 0 Å². The van der Waals surface area contributed by atoms with E-state index < -0.39 is 18.5 Å². The summed E-state index contributed by atoms with van der Waals surface area (Å²) in [7, 11) is 0. The Morgan fingerprint density at radius 3 is 2.48 bits per heavy atom. The van der Waals surface area contributed by atoms with Crippen LogP contribution >= 0.6 is 0 Å². The molecule has 0 saturated heterocycles. The van der Waals surface area contributed by atoms with Gasteiger partial charge < -0.3 is 10.1 Å². The predicted octanol–water partition coefficient (Wildman–Crippen LogP) is 3.47. The third-order valence-electron chi connectivity index (χ3n) is 4.46. The molecular weight excluding hydrogens is 370 g/mol. The predicted molar refractivity (Wildman–Crippen MR) is 111 cm³/mol. The van der Waals surface area contributed by atoms with Crippen LogP contribution in [0.1, 0.15) is 38.2 Å². The second-order valence-corrected chi connectivity index (χ2v) is 6.95. The molecule has 0 spiro atoms. The molecule has 0 bridgehead atoms. The number of para-hydroxylation sites is 2. The van der Waals surface area contributed by atoms with E-state index in [2.05, 4.69) is 10.4 Å². The van der Waals surface area contributed by atoms with Crippen LogP contribution in [-0.2, 0) is 19.1 Å². The van der Waals surface area contributed by atoms with Crippen LogP contribution in [0.15, 0.2) is 59.7 Å². The van der Waals surface area contributed by atoms with E-state index in [9.17, 15) is 14.4 Å². The average molecular weight is 393 g/mol. The maximum atomic E-state index is 12.3. The van der Waals surface area contributed by atoms with E-state index in [1.54, 1.807) is 24.3 Å². The summed E-state index contributed by atoms with van der Waals surface area (Å²) in [6.07, 6.45) is 0.329. The SMILES string of the molecule is CC(C)c1ccccc1NC(=O)COC(=O)C1=NN(c2ccccc2)C(=O)CC1. The van der Waals surface area contributed by atoms with Gasteiger partial charge in [0.1, 0.15) is 5.71 Å². The molecule has 1 aliphatic heterocycles. The monoisotopic (exact) mass is 393 g/mol. The maximum absolute atomic E-state index is 12.3. The first-order valence-corrected chi connectivity index (χ1v) is 9.47. The molecule has 7 nitrogen and oxygen atoms in total. The minimum absolute atomic E-state index is 0.115. The quantitative estimate of drug-likeness (QED) is 0.761. The molecule has 3 rings (SSSR count). The third kappa shape index (κ3) is 5.07. The number of hydrogen-bond donors (Lipinski definition) is 1. The van der Waals surface area contributed by atoms with Gasteiger partial charge in [0.25, 0.3) is 5.91 Å². The maximum Gasteiger partial charge on any atom is 0.355 e. The summed E-state index contributed by atoms with van der Waals surface area (Å²) in [5, 5.41) is 8.09. The van der Waals surface area contributed by atoms with E-state index in [1.165, 1.54) is 5.01 Å². The summed E-state index contributed by atoms with van der Waals surface area (Å²) in [5.41, 5.74) is 2.38. The van der Waals surface area contributed by atoms with Gasteiger partial charge in [-0.25, -0.2) is 9.80 Å². The molecule has 2 aromatic rings. The van der Waals surface area contributed by atoms with Crippen molar-refractivity contribution < 1.29 is 19.1 Å². The number of amides is 2. The van der Waals surface area contributed by atoms with Gasteiger partial charge in [-0.3, -0.25) is 9.59 Å². The molecule has 0 aliphatic carbocycles. The molecule has 7 heteroatoms. The van der Waals surface area contributed by atoms with Crippen molar-refractivity contribution in [3.8, 4) is 0 Å². The molecule has 1 aliphatic rings. The molecule has 1 N–H and O–H groups in total. The van der Waals surface area contributed by atoms with Gasteiger partial charge in [-0.2, -0.15) is 5.10 Å². The van der Waals surface area contributed by atoms with Gasteiger partial charge in [-0.15, -0.1) is 0 Å². The second kappa shape index (κ2) is 9.14. The summed E-state index contributed by atoms with van der Waals surface area (Å²) in [6, 6.07) is 16.3. The van der Waals surface area contributed by atoms with E-state index in [0.717, 1.165) is 5.56 Å². The van der Waals surface area contributed by atoms with Crippen molar-refractivity contribution >= 4 is 34.9 Å². The number of ether oxygens (including phenoxy) is 1. The van der Waals surface area contributed by atoms with Crippen molar-refractivity contribution in [1.82, 2.24) is 0 Å². The lowest BCUT2D eigenvalue weighted by molar-refractivity contribution is -0.140. The lowest BCUT2D eigenvalue weighted by atomic mass is 10.0. The summed E-state index contributed by atoms with van der Waals surface area (Å²) in [6.45, 7) is 3.64. The van der Waals surface area contributed by atoms with Crippen molar-refractivity contribution in [3.63, 3.8) is 0 Å². The molecule has 0 radical (unpaired) electrons. The lowest BCUT2D eigenvalue weighted by Gasteiger charge is -2.22. The number of hydrogen-bond acceptors (Lipinski definition) is 5. The summed E-state index contributed by atoms with van der Waals surface area (Å²) in [5.74, 6) is -1.09. The Bertz CT molecular complexity index is 938. The normalized spacial score (nSPS) is 13.8. The fourth-order valence-electron chi connectivity index (χ4n) is 2.99. The topological polar surface area (TPSA) is 88.1 Å². The average Bonchev–Trinajstić information content (AvgIpc) is 2.73. The summed E-state index contributed by atoms with van der Waals surface area (Å²) in [4.78, 5) is 36.7. The largest absolute Gasteiger partial charge is 0.451 e. The molecule has 0 atom stereocenters. The first-order valence-electron chi connectivity index (χ1n) is 9.47. The van der Waals surface area contributed by atoms with Gasteiger partial charge in [0.15, 0.2) is 6.61 Å². The van der Waals surface area contributed by atoms with Gasteiger partial charge in [0.05, 0.1) is 5.69 Å². The van der Waals surface area contributed by atoms with E-state index in [1.807, 2.05) is 44.2 Å². The highest BCUT2D eigenvalue weighted by Gasteiger charge is 2.26. The Hall–Kier alpha value is -3.48. The zero-order valence-corrected chi connectivity index (χ0v) is 16.4. The van der Waals surface area contributed by atoms with Gasteiger partial charge >= 0.3 is 5.97 Å². The molecule has 150 valence electrons. The number of nitrogens with zero attached hydrogens (tertiary/aromatic N) is 2. The smallest absolute Gasteiger partial charge is 0.355 e. The minimum Gasteiger partial charge on any atom is -0.451 e. The Labute approximate surface area is 169 Å². The molecule has 0 aromatic heterocycles. The standard InChI is InChI=1S/C22H23N3O4/c1-15(2)17-10-6-7-11-18(17)23-20(26)14-29-22(28)19-12-13-21(27)25(24-19)16-8-4-3-5-9-16/h3-11,15H,12-14H2,1-2H3,(H,23,26). The number of rotatable bonds is 6. The molecule has 0 unspecified atom stereocenters. The van der Waals surface area contributed by atoms with Crippen molar-refractivity contribution in [2.24, 2.45) is 5.10 Å². The van der Waals surface area contributed by atoms with Crippen LogP contribution in [0.2, 0.25) is 0 Å². The van der Waals surface area contributed by atoms with Crippen LogP contribution in [0.25, 0.3) is 0 Å². The Balaban J connectivity index is 1.62. The first kappa shape index (κ1) is 20.3. The van der Waals surface area contributed by atoms with Crippen molar-refractivity contribution in [3.05, 3.63) is 60.2 Å². The van der Waals surface area contributed by atoms with Crippen LogP contribution in [-0.4, -0.2) is 30.1 Å². The van der Waals surface area contributed by atoms with Crippen LogP contribution in [0, 0.1) is 0 Å². The number of carbonyl (C=O) groups is 3. The number of carbonyl (C=O) groups excluding carboxylic acids is 3. The van der Waals surface area contributed by atoms with Crippen molar-refractivity contribution in [2.45, 2.75) is 32.6 Å². The second-order valence-electron chi connectivity index (χ2n) is 6.95. The number of hydrazone groups is 1. The van der Waals surface area contributed by atoms with Crippen LogP contribution in [0.5, 0.6) is 0 Å². The fraction of sp³-hybridized carbons (Fsp3) is 0.273. The summed E-state index contributed by atoms with van der Waals surface area (Å²) < 4.78 is 5.12. The molecular formula is C22H23N3O4. The number of esters is 1. The van der Waals surface area contributed by atoms with E-state index in [-0.39, 0.29) is 30.4 Å². The molecule has 0 fully saturated rings.